The summed E-state index contributed by atoms with van der Waals surface area (Å²) in [4.78, 5) is 4.44. The smallest absolute Gasteiger partial charge is 0.392 e. The molecule has 0 fully saturated rings. The van der Waals surface area contributed by atoms with Crippen LogP contribution >= 0.6 is 0 Å². The lowest BCUT2D eigenvalue weighted by atomic mass is 9.83. The summed E-state index contributed by atoms with van der Waals surface area (Å²) in [6, 6.07) is 4.08. The number of benzene rings is 2. The van der Waals surface area contributed by atoms with E-state index in [1.165, 1.54) is 6.20 Å². The van der Waals surface area contributed by atoms with Crippen LogP contribution in [0.1, 0.15) is 54.5 Å². The van der Waals surface area contributed by atoms with Crippen LogP contribution < -0.4 is 0 Å². The third-order valence-electron chi connectivity index (χ3n) is 5.57. The highest BCUT2D eigenvalue weighted by molar-refractivity contribution is 6.34. The van der Waals surface area contributed by atoms with Crippen molar-refractivity contribution in [3.63, 3.8) is 0 Å². The number of fused-ring (bicyclic) bond motifs is 3. The topological polar surface area (TPSA) is 61.3 Å². The molecule has 4 nitrogen and oxygen atoms in total. The largest absolute Gasteiger partial charge is 0.416 e. The Kier molecular flexibility index (Phi) is 5.69. The van der Waals surface area contributed by atoms with E-state index in [-0.39, 0.29) is 34.1 Å². The Labute approximate surface area is 186 Å². The Morgan fingerprint density at radius 1 is 1.06 bits per heavy atom. The molecule has 0 aliphatic carbocycles. The van der Waals surface area contributed by atoms with Gasteiger partial charge in [0.1, 0.15) is 17.3 Å². The number of rotatable bonds is 3. The molecule has 1 aliphatic rings. The second-order valence-corrected chi connectivity index (χ2v) is 8.03. The van der Waals surface area contributed by atoms with Crippen molar-refractivity contribution >= 4 is 17.0 Å². The number of hydrogen-bond acceptors (Lipinski definition) is 3. The SMILES string of the molecule is C/C=C1/C(c2c(F)cc(CO)cc2F)=Nc2cn[nH]c2-c2cc(C(F)(F)F)cc(C(C)C)c21. The average molecular weight is 461 g/mol. The number of aliphatic imine (C=N–C) groups is 1. The van der Waals surface area contributed by atoms with Crippen molar-refractivity contribution in [3.8, 4) is 11.3 Å². The molecule has 2 N–H and O–H groups in total. The number of nitrogens with one attached hydrogen (secondary N) is 1. The average Bonchev–Trinajstić information content (AvgIpc) is 3.15. The Morgan fingerprint density at radius 3 is 2.27 bits per heavy atom. The van der Waals surface area contributed by atoms with Gasteiger partial charge in [-0.15, -0.1) is 0 Å². The fraction of sp³-hybridized carbons (Fsp3) is 0.250. The number of allylic oxidation sites excluding steroid dienone is 2. The molecular formula is C24H20F5N3O. The van der Waals surface area contributed by atoms with E-state index in [1.807, 2.05) is 0 Å². The molecule has 0 unspecified atom stereocenters. The number of aliphatic hydroxyl groups excluding tert-OH is 1. The standard InChI is InChI=1S/C24H20F5N3O/c1-4-14-20-15(11(2)3)7-13(24(27,28)29)8-16(20)22-19(9-30-32-22)31-23(14)21-17(25)5-12(10-33)6-18(21)26/h4-9,11,33H,10H2,1-3H3,(H,30,32)/b14-4+. The summed E-state index contributed by atoms with van der Waals surface area (Å²) < 4.78 is 71.2. The van der Waals surface area contributed by atoms with Crippen molar-refractivity contribution in [1.29, 1.82) is 0 Å². The maximum absolute atomic E-state index is 15.1. The molecule has 33 heavy (non-hydrogen) atoms. The number of nitrogens with zero attached hydrogens (tertiary/aromatic N) is 2. The molecule has 1 aliphatic heterocycles. The maximum Gasteiger partial charge on any atom is 0.416 e. The molecule has 0 spiro atoms. The van der Waals surface area contributed by atoms with Crippen LogP contribution in [-0.2, 0) is 12.8 Å². The van der Waals surface area contributed by atoms with Gasteiger partial charge in [0.15, 0.2) is 0 Å². The Balaban J connectivity index is 2.11. The van der Waals surface area contributed by atoms with Gasteiger partial charge in [-0.3, -0.25) is 5.10 Å². The predicted octanol–water partition coefficient (Wildman–Crippen LogP) is 6.53. The highest BCUT2D eigenvalue weighted by Gasteiger charge is 2.36. The monoisotopic (exact) mass is 461 g/mol. The van der Waals surface area contributed by atoms with Crippen molar-refractivity contribution < 1.29 is 27.1 Å². The van der Waals surface area contributed by atoms with Crippen LogP contribution in [0.3, 0.4) is 0 Å². The fourth-order valence-corrected chi connectivity index (χ4v) is 4.06. The lowest BCUT2D eigenvalue weighted by molar-refractivity contribution is -0.137. The van der Waals surface area contributed by atoms with E-state index in [1.54, 1.807) is 26.8 Å². The molecule has 3 aromatic rings. The summed E-state index contributed by atoms with van der Waals surface area (Å²) in [5, 5.41) is 15.9. The van der Waals surface area contributed by atoms with Crippen LogP contribution in [0.15, 0.2) is 41.5 Å². The molecule has 0 amide bonds. The highest BCUT2D eigenvalue weighted by atomic mass is 19.4. The minimum Gasteiger partial charge on any atom is -0.392 e. The van der Waals surface area contributed by atoms with E-state index in [0.717, 1.165) is 24.3 Å². The quantitative estimate of drug-likeness (QED) is 0.436. The Morgan fingerprint density at radius 2 is 1.73 bits per heavy atom. The number of H-pyrrole nitrogens is 1. The lowest BCUT2D eigenvalue weighted by Gasteiger charge is -2.22. The first kappa shape index (κ1) is 22.8. The molecular weight excluding hydrogens is 441 g/mol. The summed E-state index contributed by atoms with van der Waals surface area (Å²) >= 11 is 0. The molecule has 172 valence electrons. The van der Waals surface area contributed by atoms with Gasteiger partial charge in [-0.25, -0.2) is 13.8 Å². The van der Waals surface area contributed by atoms with E-state index >= 15 is 8.78 Å². The van der Waals surface area contributed by atoms with Gasteiger partial charge in [0, 0.05) is 11.1 Å². The van der Waals surface area contributed by atoms with E-state index in [4.69, 9.17) is 0 Å². The van der Waals surface area contributed by atoms with Gasteiger partial charge in [-0.1, -0.05) is 19.9 Å². The summed E-state index contributed by atoms with van der Waals surface area (Å²) in [5.74, 6) is -2.22. The number of aromatic nitrogens is 2. The highest BCUT2D eigenvalue weighted by Crippen LogP contribution is 2.46. The van der Waals surface area contributed by atoms with Crippen molar-refractivity contribution in [2.24, 2.45) is 4.99 Å². The molecule has 2 aromatic carbocycles. The van der Waals surface area contributed by atoms with Crippen LogP contribution in [0, 0.1) is 11.6 Å². The van der Waals surface area contributed by atoms with Gasteiger partial charge in [-0.2, -0.15) is 18.3 Å². The third kappa shape index (κ3) is 3.86. The summed E-state index contributed by atoms with van der Waals surface area (Å²) in [7, 11) is 0. The first-order chi connectivity index (χ1) is 15.6. The molecule has 0 saturated heterocycles. The van der Waals surface area contributed by atoms with Gasteiger partial charge in [0.2, 0.25) is 0 Å². The van der Waals surface area contributed by atoms with Crippen molar-refractivity contribution in [3.05, 3.63) is 76.0 Å². The zero-order chi connectivity index (χ0) is 24.1. The van der Waals surface area contributed by atoms with Crippen LogP contribution in [0.4, 0.5) is 27.6 Å². The Bertz CT molecular complexity index is 1280. The second-order valence-electron chi connectivity index (χ2n) is 8.03. The summed E-state index contributed by atoms with van der Waals surface area (Å²) in [6.07, 6.45) is -1.72. The number of halogens is 5. The predicted molar refractivity (Wildman–Crippen MR) is 115 cm³/mol. The number of hydrogen-bond donors (Lipinski definition) is 2. The van der Waals surface area contributed by atoms with Gasteiger partial charge < -0.3 is 5.11 Å². The number of aliphatic hydroxyl groups is 1. The normalized spacial score (nSPS) is 14.8. The van der Waals surface area contributed by atoms with E-state index in [0.29, 0.717) is 16.7 Å². The van der Waals surface area contributed by atoms with Crippen LogP contribution in [-0.4, -0.2) is 21.0 Å². The minimum absolute atomic E-state index is 0.0482. The zero-order valence-electron chi connectivity index (χ0n) is 18.0. The third-order valence-corrected chi connectivity index (χ3v) is 5.57. The van der Waals surface area contributed by atoms with Gasteiger partial charge in [0.05, 0.1) is 35.3 Å². The Hall–Kier alpha value is -3.33. The number of alkyl halides is 3. The van der Waals surface area contributed by atoms with Crippen molar-refractivity contribution in [1.82, 2.24) is 10.2 Å². The van der Waals surface area contributed by atoms with E-state index < -0.39 is 35.5 Å². The maximum atomic E-state index is 15.1. The van der Waals surface area contributed by atoms with Crippen LogP contribution in [0.2, 0.25) is 0 Å². The van der Waals surface area contributed by atoms with Gasteiger partial charge >= 0.3 is 6.18 Å². The molecule has 0 bridgehead atoms. The molecule has 2 heterocycles. The molecule has 0 radical (unpaired) electrons. The number of aromatic amines is 1. The fourth-order valence-electron chi connectivity index (χ4n) is 4.06. The van der Waals surface area contributed by atoms with E-state index in [9.17, 15) is 18.3 Å². The molecule has 4 rings (SSSR count). The minimum atomic E-state index is -4.59. The lowest BCUT2D eigenvalue weighted by Crippen LogP contribution is -2.14. The molecule has 0 saturated carbocycles. The zero-order valence-corrected chi connectivity index (χ0v) is 18.0. The van der Waals surface area contributed by atoms with Crippen LogP contribution in [0.5, 0.6) is 0 Å². The molecule has 0 atom stereocenters. The van der Waals surface area contributed by atoms with Gasteiger partial charge in [0.25, 0.3) is 0 Å². The second kappa shape index (κ2) is 8.22. The van der Waals surface area contributed by atoms with Crippen molar-refractivity contribution in [2.75, 3.05) is 0 Å². The first-order valence-corrected chi connectivity index (χ1v) is 10.2. The first-order valence-electron chi connectivity index (χ1n) is 10.2. The van der Waals surface area contributed by atoms with Crippen molar-refractivity contribution in [2.45, 2.75) is 39.5 Å². The van der Waals surface area contributed by atoms with Crippen LogP contribution in [0.25, 0.3) is 16.8 Å². The van der Waals surface area contributed by atoms with Gasteiger partial charge in [-0.05, 0) is 53.8 Å². The molecule has 1 aromatic heterocycles. The summed E-state index contributed by atoms with van der Waals surface area (Å²) in [5.41, 5.74) is 0.323. The molecule has 9 heteroatoms. The van der Waals surface area contributed by atoms with E-state index in [2.05, 4.69) is 15.2 Å². The summed E-state index contributed by atoms with van der Waals surface area (Å²) in [6.45, 7) is 4.57.